The molecule has 0 spiro atoms. The zero-order valence-corrected chi connectivity index (χ0v) is 11.9. The molecule has 0 heterocycles. The van der Waals surface area contributed by atoms with Crippen LogP contribution in [-0.2, 0) is 6.61 Å². The molecule has 0 aliphatic carbocycles. The summed E-state index contributed by atoms with van der Waals surface area (Å²) in [6.45, 7) is 2.23. The molecule has 2 aromatic carbocycles. The van der Waals surface area contributed by atoms with Crippen molar-refractivity contribution in [2.75, 3.05) is 0 Å². The molecule has 4 heteroatoms. The number of nitriles is 1. The Labute approximate surface area is 119 Å². The molecule has 0 N–H and O–H groups in total. The predicted octanol–water partition coefficient (Wildman–Crippen LogP) is 4.35. The summed E-state index contributed by atoms with van der Waals surface area (Å²) in [6, 6.07) is 11.8. The van der Waals surface area contributed by atoms with Gasteiger partial charge >= 0.3 is 0 Å². The molecule has 0 unspecified atom stereocenters. The van der Waals surface area contributed by atoms with Crippen LogP contribution in [-0.4, -0.2) is 0 Å². The minimum Gasteiger partial charge on any atom is -0.489 e. The summed E-state index contributed by atoms with van der Waals surface area (Å²) in [5, 5.41) is 8.86. The second-order valence-corrected chi connectivity index (χ2v) is 4.97. The lowest BCUT2D eigenvalue weighted by molar-refractivity contribution is 0.303. The summed E-state index contributed by atoms with van der Waals surface area (Å²) in [4.78, 5) is 0. The first-order valence-corrected chi connectivity index (χ1v) is 6.47. The lowest BCUT2D eigenvalue weighted by Gasteiger charge is -2.10. The van der Waals surface area contributed by atoms with E-state index in [2.05, 4.69) is 22.0 Å². The number of halogens is 2. The zero-order valence-electron chi connectivity index (χ0n) is 10.3. The molecular formula is C15H11BrFNO. The van der Waals surface area contributed by atoms with Gasteiger partial charge in [-0.1, -0.05) is 28.1 Å². The number of hydrogen-bond donors (Lipinski definition) is 0. The summed E-state index contributed by atoms with van der Waals surface area (Å²) >= 11 is 3.29. The highest BCUT2D eigenvalue weighted by atomic mass is 79.9. The van der Waals surface area contributed by atoms with E-state index >= 15 is 0 Å². The Bertz CT molecular complexity index is 649. The number of aryl methyl sites for hydroxylation is 1. The van der Waals surface area contributed by atoms with Crippen LogP contribution in [0.5, 0.6) is 5.75 Å². The normalized spacial score (nSPS) is 10.0. The van der Waals surface area contributed by atoms with E-state index in [1.165, 1.54) is 12.1 Å². The summed E-state index contributed by atoms with van der Waals surface area (Å²) in [7, 11) is 0. The van der Waals surface area contributed by atoms with Crippen molar-refractivity contribution in [2.24, 2.45) is 0 Å². The summed E-state index contributed by atoms with van der Waals surface area (Å²) in [5.74, 6) is 0.369. The van der Waals surface area contributed by atoms with Crippen LogP contribution in [0, 0.1) is 24.1 Å². The van der Waals surface area contributed by atoms with Crippen LogP contribution in [0.15, 0.2) is 40.9 Å². The maximum absolute atomic E-state index is 13.0. The fourth-order valence-corrected chi connectivity index (χ4v) is 2.08. The molecular weight excluding hydrogens is 309 g/mol. The molecule has 0 saturated carbocycles. The highest BCUT2D eigenvalue weighted by Crippen LogP contribution is 2.23. The van der Waals surface area contributed by atoms with Crippen molar-refractivity contribution in [3.63, 3.8) is 0 Å². The van der Waals surface area contributed by atoms with Crippen LogP contribution < -0.4 is 4.74 Å². The van der Waals surface area contributed by atoms with E-state index in [1.54, 1.807) is 18.2 Å². The minimum absolute atomic E-state index is 0.293. The Morgan fingerprint density at radius 1 is 1.26 bits per heavy atom. The number of benzene rings is 2. The van der Waals surface area contributed by atoms with E-state index in [1.807, 2.05) is 13.0 Å². The Morgan fingerprint density at radius 3 is 2.74 bits per heavy atom. The highest BCUT2D eigenvalue weighted by molar-refractivity contribution is 9.10. The molecule has 0 amide bonds. The van der Waals surface area contributed by atoms with Gasteiger partial charge in [0.15, 0.2) is 0 Å². The average Bonchev–Trinajstić information content (AvgIpc) is 2.39. The van der Waals surface area contributed by atoms with Crippen LogP contribution in [0.25, 0.3) is 0 Å². The van der Waals surface area contributed by atoms with Crippen molar-refractivity contribution < 1.29 is 9.13 Å². The monoisotopic (exact) mass is 319 g/mol. The van der Waals surface area contributed by atoms with Gasteiger partial charge < -0.3 is 4.74 Å². The van der Waals surface area contributed by atoms with E-state index in [0.29, 0.717) is 22.4 Å². The third-order valence-electron chi connectivity index (χ3n) is 2.72. The molecule has 2 rings (SSSR count). The number of nitrogens with zero attached hydrogens (tertiary/aromatic N) is 1. The van der Waals surface area contributed by atoms with Gasteiger partial charge in [0, 0.05) is 10.0 Å². The highest BCUT2D eigenvalue weighted by Gasteiger charge is 2.05. The van der Waals surface area contributed by atoms with Crippen LogP contribution in [0.3, 0.4) is 0 Å². The molecule has 0 aromatic heterocycles. The lowest BCUT2D eigenvalue weighted by atomic mass is 10.1. The molecule has 19 heavy (non-hydrogen) atoms. The first kappa shape index (κ1) is 13.6. The van der Waals surface area contributed by atoms with Crippen LogP contribution in [0.2, 0.25) is 0 Å². The Morgan fingerprint density at radius 2 is 2.05 bits per heavy atom. The van der Waals surface area contributed by atoms with Crippen LogP contribution >= 0.6 is 15.9 Å². The topological polar surface area (TPSA) is 33.0 Å². The smallest absolute Gasteiger partial charge is 0.124 e. The van der Waals surface area contributed by atoms with E-state index in [4.69, 9.17) is 10.00 Å². The molecule has 0 fully saturated rings. The standard InChI is InChI=1S/C15H11BrFNO/c1-10-2-3-11(8-18)6-15(10)19-9-12-4-5-13(17)7-14(12)16/h2-7H,9H2,1H3. The first-order valence-electron chi connectivity index (χ1n) is 5.67. The molecule has 0 atom stereocenters. The van der Waals surface area contributed by atoms with Crippen LogP contribution in [0.4, 0.5) is 4.39 Å². The third kappa shape index (κ3) is 3.33. The minimum atomic E-state index is -0.293. The third-order valence-corrected chi connectivity index (χ3v) is 3.45. The van der Waals surface area contributed by atoms with Gasteiger partial charge in [-0.3, -0.25) is 0 Å². The largest absolute Gasteiger partial charge is 0.489 e. The van der Waals surface area contributed by atoms with Gasteiger partial charge in [0.05, 0.1) is 11.6 Å². The van der Waals surface area contributed by atoms with E-state index < -0.39 is 0 Å². The summed E-state index contributed by atoms with van der Waals surface area (Å²) in [5.41, 5.74) is 2.36. The average molecular weight is 320 g/mol. The van der Waals surface area contributed by atoms with Gasteiger partial charge in [0.1, 0.15) is 18.2 Å². The zero-order chi connectivity index (χ0) is 13.8. The Hall–Kier alpha value is -1.86. The van der Waals surface area contributed by atoms with Crippen molar-refractivity contribution in [3.8, 4) is 11.8 Å². The van der Waals surface area contributed by atoms with Gasteiger partial charge in [0.25, 0.3) is 0 Å². The van der Waals surface area contributed by atoms with Gasteiger partial charge in [0.2, 0.25) is 0 Å². The molecule has 2 aromatic rings. The van der Waals surface area contributed by atoms with Gasteiger partial charge in [-0.25, -0.2) is 4.39 Å². The number of rotatable bonds is 3. The predicted molar refractivity (Wildman–Crippen MR) is 74.3 cm³/mol. The fraction of sp³-hybridized carbons (Fsp3) is 0.133. The van der Waals surface area contributed by atoms with Crippen molar-refractivity contribution in [3.05, 3.63) is 63.4 Å². The van der Waals surface area contributed by atoms with Crippen molar-refractivity contribution in [1.82, 2.24) is 0 Å². The molecule has 0 saturated heterocycles. The van der Waals surface area contributed by atoms with E-state index in [-0.39, 0.29) is 5.82 Å². The second kappa shape index (κ2) is 5.85. The molecule has 0 radical (unpaired) electrons. The van der Waals surface area contributed by atoms with Crippen molar-refractivity contribution in [1.29, 1.82) is 5.26 Å². The number of ether oxygens (including phenoxy) is 1. The molecule has 2 nitrogen and oxygen atoms in total. The molecule has 0 bridgehead atoms. The summed E-state index contributed by atoms with van der Waals surface area (Å²) < 4.78 is 19.3. The molecule has 96 valence electrons. The molecule has 0 aliphatic heterocycles. The van der Waals surface area contributed by atoms with Gasteiger partial charge in [-0.2, -0.15) is 5.26 Å². The Kier molecular flexibility index (Phi) is 4.18. The quantitative estimate of drug-likeness (QED) is 0.842. The van der Waals surface area contributed by atoms with Crippen LogP contribution in [0.1, 0.15) is 16.7 Å². The second-order valence-electron chi connectivity index (χ2n) is 4.12. The maximum Gasteiger partial charge on any atom is 0.124 e. The first-order chi connectivity index (χ1) is 9.10. The van der Waals surface area contributed by atoms with Crippen molar-refractivity contribution >= 4 is 15.9 Å². The number of hydrogen-bond acceptors (Lipinski definition) is 2. The van der Waals surface area contributed by atoms with Crippen molar-refractivity contribution in [2.45, 2.75) is 13.5 Å². The summed E-state index contributed by atoms with van der Waals surface area (Å²) in [6.07, 6.45) is 0. The van der Waals surface area contributed by atoms with E-state index in [9.17, 15) is 4.39 Å². The van der Waals surface area contributed by atoms with Gasteiger partial charge in [-0.15, -0.1) is 0 Å². The molecule has 0 aliphatic rings. The lowest BCUT2D eigenvalue weighted by Crippen LogP contribution is -1.98. The van der Waals surface area contributed by atoms with E-state index in [0.717, 1.165) is 11.1 Å². The fourth-order valence-electron chi connectivity index (χ4n) is 1.62. The Balaban J connectivity index is 2.16. The SMILES string of the molecule is Cc1ccc(C#N)cc1OCc1ccc(F)cc1Br. The maximum atomic E-state index is 13.0. The van der Waals surface area contributed by atoms with Gasteiger partial charge in [-0.05, 0) is 36.8 Å².